The van der Waals surface area contributed by atoms with Crippen LogP contribution in [0.2, 0.25) is 0 Å². The van der Waals surface area contributed by atoms with Crippen LogP contribution in [0.5, 0.6) is 0 Å². The van der Waals surface area contributed by atoms with Crippen LogP contribution in [0, 0.1) is 0 Å². The third-order valence-corrected chi connectivity index (χ3v) is 1.38. The first-order valence-electron chi connectivity index (χ1n) is 3.19. The molecule has 0 unspecified atom stereocenters. The number of aliphatic carboxylic acids is 1. The van der Waals surface area contributed by atoms with Gasteiger partial charge >= 0.3 is 5.97 Å². The molecular formula is C9H8CuO2. The van der Waals surface area contributed by atoms with Crippen LogP contribution in [0.25, 0.3) is 5.57 Å². The summed E-state index contributed by atoms with van der Waals surface area (Å²) in [6.45, 7) is 3.42. The van der Waals surface area contributed by atoms with Crippen molar-refractivity contribution >= 4 is 11.5 Å². The number of carboxylic acid groups (broad SMARTS) is 1. The van der Waals surface area contributed by atoms with E-state index in [9.17, 15) is 4.79 Å². The van der Waals surface area contributed by atoms with Gasteiger partial charge in [-0.25, -0.2) is 4.79 Å². The van der Waals surface area contributed by atoms with Crippen molar-refractivity contribution in [1.82, 2.24) is 0 Å². The Morgan fingerprint density at radius 3 is 2.17 bits per heavy atom. The SMILES string of the molecule is C=C(C(=O)O)c1ccccc1.[Cu]. The second kappa shape index (κ2) is 4.75. The quantitative estimate of drug-likeness (QED) is 0.598. The van der Waals surface area contributed by atoms with Crippen LogP contribution in [0.15, 0.2) is 36.9 Å². The summed E-state index contributed by atoms with van der Waals surface area (Å²) >= 11 is 0. The van der Waals surface area contributed by atoms with Crippen LogP contribution >= 0.6 is 0 Å². The van der Waals surface area contributed by atoms with Gasteiger partial charge in [-0.05, 0) is 5.56 Å². The molecule has 3 heteroatoms. The van der Waals surface area contributed by atoms with E-state index in [-0.39, 0.29) is 22.6 Å². The summed E-state index contributed by atoms with van der Waals surface area (Å²) in [6, 6.07) is 8.83. The molecule has 2 nitrogen and oxygen atoms in total. The maximum absolute atomic E-state index is 10.4. The second-order valence-corrected chi connectivity index (χ2v) is 2.15. The van der Waals surface area contributed by atoms with E-state index in [1.54, 1.807) is 24.3 Å². The zero-order chi connectivity index (χ0) is 8.27. The minimum atomic E-state index is -0.976. The van der Waals surface area contributed by atoms with E-state index < -0.39 is 5.97 Å². The molecule has 1 radical (unpaired) electrons. The largest absolute Gasteiger partial charge is 0.478 e. The zero-order valence-electron chi connectivity index (χ0n) is 6.25. The van der Waals surface area contributed by atoms with Crippen molar-refractivity contribution < 1.29 is 27.0 Å². The van der Waals surface area contributed by atoms with Crippen LogP contribution in [0.3, 0.4) is 0 Å². The van der Waals surface area contributed by atoms with Crippen LogP contribution < -0.4 is 0 Å². The van der Waals surface area contributed by atoms with Gasteiger partial charge in [-0.1, -0.05) is 36.9 Å². The summed E-state index contributed by atoms with van der Waals surface area (Å²) in [4.78, 5) is 10.4. The van der Waals surface area contributed by atoms with Crippen molar-refractivity contribution in [3.8, 4) is 0 Å². The molecular weight excluding hydrogens is 204 g/mol. The molecule has 1 aromatic rings. The summed E-state index contributed by atoms with van der Waals surface area (Å²) in [5.74, 6) is -0.976. The molecule has 67 valence electrons. The van der Waals surface area contributed by atoms with Crippen molar-refractivity contribution in [2.75, 3.05) is 0 Å². The van der Waals surface area contributed by atoms with Crippen LogP contribution in [0.1, 0.15) is 5.56 Å². The Morgan fingerprint density at radius 2 is 1.75 bits per heavy atom. The van der Waals surface area contributed by atoms with Crippen molar-refractivity contribution in [1.29, 1.82) is 0 Å². The second-order valence-electron chi connectivity index (χ2n) is 2.15. The van der Waals surface area contributed by atoms with Crippen LogP contribution in [-0.2, 0) is 21.9 Å². The summed E-state index contributed by atoms with van der Waals surface area (Å²) < 4.78 is 0. The van der Waals surface area contributed by atoms with E-state index in [0.717, 1.165) is 0 Å². The molecule has 12 heavy (non-hydrogen) atoms. The predicted molar refractivity (Wildman–Crippen MR) is 43.1 cm³/mol. The third-order valence-electron chi connectivity index (χ3n) is 1.38. The molecule has 0 fully saturated rings. The summed E-state index contributed by atoms with van der Waals surface area (Å²) in [7, 11) is 0. The Labute approximate surface area is 81.4 Å². The van der Waals surface area contributed by atoms with Crippen molar-refractivity contribution in [3.63, 3.8) is 0 Å². The Bertz CT molecular complexity index is 280. The maximum atomic E-state index is 10.4. The Morgan fingerprint density at radius 1 is 1.25 bits per heavy atom. The molecule has 0 amide bonds. The fourth-order valence-corrected chi connectivity index (χ4v) is 0.763. The molecule has 0 aliphatic rings. The molecule has 1 aromatic carbocycles. The first-order valence-corrected chi connectivity index (χ1v) is 3.19. The van der Waals surface area contributed by atoms with E-state index in [1.807, 2.05) is 6.07 Å². The number of benzene rings is 1. The van der Waals surface area contributed by atoms with Crippen molar-refractivity contribution in [2.45, 2.75) is 0 Å². The van der Waals surface area contributed by atoms with Gasteiger partial charge in [0, 0.05) is 17.1 Å². The van der Waals surface area contributed by atoms with Crippen LogP contribution in [-0.4, -0.2) is 11.1 Å². The molecule has 0 spiro atoms. The van der Waals surface area contributed by atoms with E-state index in [1.165, 1.54) is 0 Å². The molecule has 0 aliphatic heterocycles. The van der Waals surface area contributed by atoms with Gasteiger partial charge < -0.3 is 5.11 Å². The Balaban J connectivity index is 0.00000121. The van der Waals surface area contributed by atoms with Gasteiger partial charge in [0.25, 0.3) is 0 Å². The average molecular weight is 212 g/mol. The minimum absolute atomic E-state index is 0. The first-order chi connectivity index (χ1) is 5.22. The average Bonchev–Trinajstić information content (AvgIpc) is 2.05. The fourth-order valence-electron chi connectivity index (χ4n) is 0.763. The van der Waals surface area contributed by atoms with E-state index in [2.05, 4.69) is 6.58 Å². The number of carboxylic acids is 1. The van der Waals surface area contributed by atoms with Gasteiger partial charge in [0.2, 0.25) is 0 Å². The number of hydrogen-bond donors (Lipinski definition) is 1. The van der Waals surface area contributed by atoms with Gasteiger partial charge in [0.05, 0.1) is 5.57 Å². The minimum Gasteiger partial charge on any atom is -0.478 e. The normalized spacial score (nSPS) is 8.33. The van der Waals surface area contributed by atoms with Gasteiger partial charge in [-0.15, -0.1) is 0 Å². The van der Waals surface area contributed by atoms with E-state index >= 15 is 0 Å². The topological polar surface area (TPSA) is 37.3 Å². The van der Waals surface area contributed by atoms with Gasteiger partial charge in [-0.2, -0.15) is 0 Å². The Hall–Kier alpha value is -1.05. The fraction of sp³-hybridized carbons (Fsp3) is 0. The first kappa shape index (κ1) is 10.9. The van der Waals surface area contributed by atoms with Crippen molar-refractivity contribution in [2.24, 2.45) is 0 Å². The zero-order valence-corrected chi connectivity index (χ0v) is 7.19. The van der Waals surface area contributed by atoms with Crippen molar-refractivity contribution in [3.05, 3.63) is 42.5 Å². The molecule has 0 saturated heterocycles. The summed E-state index contributed by atoms with van der Waals surface area (Å²) in [5.41, 5.74) is 0.783. The molecule has 0 aliphatic carbocycles. The predicted octanol–water partition coefficient (Wildman–Crippen LogP) is 1.78. The molecule has 0 bridgehead atoms. The van der Waals surface area contributed by atoms with Crippen LogP contribution in [0.4, 0.5) is 0 Å². The van der Waals surface area contributed by atoms with Gasteiger partial charge in [-0.3, -0.25) is 0 Å². The third kappa shape index (κ3) is 2.53. The molecule has 1 rings (SSSR count). The molecule has 0 saturated carbocycles. The maximum Gasteiger partial charge on any atom is 0.335 e. The number of rotatable bonds is 2. The monoisotopic (exact) mass is 211 g/mol. The summed E-state index contributed by atoms with van der Waals surface area (Å²) in [5, 5.41) is 8.54. The summed E-state index contributed by atoms with van der Waals surface area (Å²) in [6.07, 6.45) is 0. The molecule has 0 heterocycles. The molecule has 0 aromatic heterocycles. The standard InChI is InChI=1S/C9H8O2.Cu/c1-7(9(10)11)8-5-3-2-4-6-8;/h2-6H,1H2,(H,10,11);. The number of carbonyl (C=O) groups is 1. The van der Waals surface area contributed by atoms with Gasteiger partial charge in [0.1, 0.15) is 0 Å². The molecule has 0 atom stereocenters. The number of hydrogen-bond acceptors (Lipinski definition) is 1. The Kier molecular flexibility index (Phi) is 4.34. The van der Waals surface area contributed by atoms with E-state index in [4.69, 9.17) is 5.11 Å². The smallest absolute Gasteiger partial charge is 0.335 e. The van der Waals surface area contributed by atoms with E-state index in [0.29, 0.717) is 5.56 Å². The van der Waals surface area contributed by atoms with Gasteiger partial charge in [0.15, 0.2) is 0 Å². The molecule has 1 N–H and O–H groups in total.